The molecule has 0 saturated heterocycles. The van der Waals surface area contributed by atoms with Gasteiger partial charge in [0.1, 0.15) is 0 Å². The molecule has 0 saturated carbocycles. The molecule has 0 aliphatic carbocycles. The first-order chi connectivity index (χ1) is 6.34. The second-order valence-corrected chi connectivity index (χ2v) is 2.51. The van der Waals surface area contributed by atoms with Crippen LogP contribution in [0.2, 0.25) is 0 Å². The van der Waals surface area contributed by atoms with Gasteiger partial charge in [0.2, 0.25) is 0 Å². The summed E-state index contributed by atoms with van der Waals surface area (Å²) in [5.41, 5.74) is 10.1. The molecular weight excluding hydrogens is 162 g/mol. The number of aryl methyl sites for hydroxylation is 1. The monoisotopic (exact) mass is 171 g/mol. The van der Waals surface area contributed by atoms with Crippen molar-refractivity contribution in [2.75, 3.05) is 6.54 Å². The predicted molar refractivity (Wildman–Crippen MR) is 52.1 cm³/mol. The molecule has 0 bridgehead atoms. The van der Waals surface area contributed by atoms with E-state index in [4.69, 9.17) is 5.53 Å². The van der Waals surface area contributed by atoms with Gasteiger partial charge in [-0.1, -0.05) is 35.2 Å². The van der Waals surface area contributed by atoms with Gasteiger partial charge in [-0.2, -0.15) is 0 Å². The summed E-state index contributed by atoms with van der Waals surface area (Å²) in [5.74, 6) is 5.71. The Morgan fingerprint density at radius 3 is 2.92 bits per heavy atom. The minimum atomic E-state index is 0.227. The zero-order valence-electron chi connectivity index (χ0n) is 7.36. The van der Waals surface area contributed by atoms with E-state index in [0.29, 0.717) is 0 Å². The molecule has 1 rings (SSSR count). The lowest BCUT2D eigenvalue weighted by atomic mass is 10.1. The molecule has 3 nitrogen and oxygen atoms in total. The van der Waals surface area contributed by atoms with E-state index in [1.165, 1.54) is 0 Å². The van der Waals surface area contributed by atoms with Gasteiger partial charge in [0, 0.05) is 10.5 Å². The lowest BCUT2D eigenvalue weighted by molar-refractivity contribution is 1.25. The average molecular weight is 171 g/mol. The first-order valence-corrected chi connectivity index (χ1v) is 3.90. The molecule has 13 heavy (non-hydrogen) atoms. The normalized spacial score (nSPS) is 8.08. The van der Waals surface area contributed by atoms with Crippen LogP contribution >= 0.6 is 0 Å². The van der Waals surface area contributed by atoms with Crippen LogP contribution in [0.3, 0.4) is 0 Å². The molecule has 0 fully saturated rings. The van der Waals surface area contributed by atoms with Crippen LogP contribution in [0.1, 0.15) is 11.1 Å². The minimum absolute atomic E-state index is 0.227. The lowest BCUT2D eigenvalue weighted by Gasteiger charge is -1.93. The number of nitrogens with zero attached hydrogens (tertiary/aromatic N) is 3. The number of rotatable bonds is 1. The molecule has 0 aliphatic rings. The zero-order valence-corrected chi connectivity index (χ0v) is 7.36. The Bertz CT molecular complexity index is 392. The fourth-order valence-electron chi connectivity index (χ4n) is 0.915. The molecular formula is C10H9N3. The molecule has 0 aromatic heterocycles. The fourth-order valence-corrected chi connectivity index (χ4v) is 0.915. The van der Waals surface area contributed by atoms with E-state index in [1.807, 2.05) is 31.2 Å². The summed E-state index contributed by atoms with van der Waals surface area (Å²) in [6.45, 7) is 2.22. The molecule has 0 aliphatic heterocycles. The number of benzene rings is 1. The standard InChI is InChI=1S/C10H9N3/c1-9-5-2-3-6-10(9)7-4-8-12-13-11/h2-3,5-6H,8H2,1H3. The fraction of sp³-hybridized carbons (Fsp3) is 0.200. The van der Waals surface area contributed by atoms with Crippen molar-refractivity contribution in [3.05, 3.63) is 45.8 Å². The summed E-state index contributed by atoms with van der Waals surface area (Å²) in [7, 11) is 0. The van der Waals surface area contributed by atoms with Crippen molar-refractivity contribution in [1.29, 1.82) is 0 Å². The summed E-state index contributed by atoms with van der Waals surface area (Å²) >= 11 is 0. The van der Waals surface area contributed by atoms with Crippen LogP contribution < -0.4 is 0 Å². The summed E-state index contributed by atoms with van der Waals surface area (Å²) in [5, 5.41) is 3.32. The minimum Gasteiger partial charge on any atom is -0.0919 e. The van der Waals surface area contributed by atoms with Crippen LogP contribution in [-0.4, -0.2) is 6.54 Å². The Kier molecular flexibility index (Phi) is 3.44. The Hall–Kier alpha value is -1.91. The Labute approximate surface area is 77.0 Å². The van der Waals surface area contributed by atoms with Gasteiger partial charge in [-0.3, -0.25) is 0 Å². The third-order valence-electron chi connectivity index (χ3n) is 1.58. The topological polar surface area (TPSA) is 48.8 Å². The SMILES string of the molecule is Cc1ccccc1C#CCN=[N+]=[N-]. The first kappa shape index (κ1) is 9.18. The second kappa shape index (κ2) is 4.87. The molecule has 1 aromatic carbocycles. The van der Waals surface area contributed by atoms with Gasteiger partial charge < -0.3 is 0 Å². The van der Waals surface area contributed by atoms with Crippen LogP contribution in [0.4, 0.5) is 0 Å². The molecule has 0 atom stereocenters. The zero-order chi connectivity index (χ0) is 9.52. The highest BCUT2D eigenvalue weighted by molar-refractivity contribution is 5.40. The van der Waals surface area contributed by atoms with E-state index in [9.17, 15) is 0 Å². The van der Waals surface area contributed by atoms with Crippen molar-refractivity contribution < 1.29 is 0 Å². The van der Waals surface area contributed by atoms with E-state index < -0.39 is 0 Å². The van der Waals surface area contributed by atoms with Crippen LogP contribution in [0, 0.1) is 18.8 Å². The van der Waals surface area contributed by atoms with Gasteiger partial charge in [0.15, 0.2) is 0 Å². The van der Waals surface area contributed by atoms with Crippen LogP contribution in [0.5, 0.6) is 0 Å². The molecule has 1 aromatic rings. The van der Waals surface area contributed by atoms with Crippen molar-refractivity contribution in [3.8, 4) is 11.8 Å². The largest absolute Gasteiger partial charge is 0.0919 e. The quantitative estimate of drug-likeness (QED) is 0.270. The summed E-state index contributed by atoms with van der Waals surface area (Å²) < 4.78 is 0. The van der Waals surface area contributed by atoms with Crippen molar-refractivity contribution in [3.63, 3.8) is 0 Å². The van der Waals surface area contributed by atoms with E-state index >= 15 is 0 Å². The van der Waals surface area contributed by atoms with Crippen LogP contribution in [-0.2, 0) is 0 Å². The van der Waals surface area contributed by atoms with E-state index in [1.54, 1.807) is 0 Å². The van der Waals surface area contributed by atoms with E-state index in [0.717, 1.165) is 11.1 Å². The highest BCUT2D eigenvalue weighted by atomic mass is 15.1. The van der Waals surface area contributed by atoms with Gasteiger partial charge in [0.05, 0.1) is 6.54 Å². The van der Waals surface area contributed by atoms with Gasteiger partial charge in [-0.25, -0.2) is 0 Å². The third kappa shape index (κ3) is 2.90. The number of azide groups is 1. The van der Waals surface area contributed by atoms with Gasteiger partial charge in [-0.05, 0) is 24.1 Å². The van der Waals surface area contributed by atoms with E-state index in [-0.39, 0.29) is 6.54 Å². The summed E-state index contributed by atoms with van der Waals surface area (Å²) in [4.78, 5) is 2.61. The molecule has 64 valence electrons. The molecule has 0 amide bonds. The van der Waals surface area contributed by atoms with Crippen molar-refractivity contribution in [2.45, 2.75) is 6.92 Å². The second-order valence-electron chi connectivity index (χ2n) is 2.51. The molecule has 0 spiro atoms. The maximum absolute atomic E-state index is 8.01. The number of hydrogen-bond donors (Lipinski definition) is 0. The third-order valence-corrected chi connectivity index (χ3v) is 1.58. The Balaban J connectivity index is 2.77. The average Bonchev–Trinajstić information content (AvgIpc) is 2.15. The smallest absolute Gasteiger partial charge is 0.0880 e. The molecule has 0 heterocycles. The van der Waals surface area contributed by atoms with Gasteiger partial charge >= 0.3 is 0 Å². The van der Waals surface area contributed by atoms with E-state index in [2.05, 4.69) is 21.9 Å². The van der Waals surface area contributed by atoms with Crippen molar-refractivity contribution in [2.24, 2.45) is 5.11 Å². The number of hydrogen-bond acceptors (Lipinski definition) is 1. The first-order valence-electron chi connectivity index (χ1n) is 3.90. The Morgan fingerprint density at radius 2 is 2.23 bits per heavy atom. The molecule has 0 radical (unpaired) electrons. The van der Waals surface area contributed by atoms with Crippen molar-refractivity contribution in [1.82, 2.24) is 0 Å². The molecule has 0 unspecified atom stereocenters. The summed E-state index contributed by atoms with van der Waals surface area (Å²) in [6, 6.07) is 7.84. The maximum atomic E-state index is 8.01. The van der Waals surface area contributed by atoms with Gasteiger partial charge in [0.25, 0.3) is 0 Å². The van der Waals surface area contributed by atoms with Crippen LogP contribution in [0.15, 0.2) is 29.4 Å². The Morgan fingerprint density at radius 1 is 1.46 bits per heavy atom. The highest BCUT2D eigenvalue weighted by Gasteiger charge is 1.88. The molecule has 3 heteroatoms. The lowest BCUT2D eigenvalue weighted by Crippen LogP contribution is -1.80. The highest BCUT2D eigenvalue weighted by Crippen LogP contribution is 2.03. The summed E-state index contributed by atoms with van der Waals surface area (Å²) in [6.07, 6.45) is 0. The van der Waals surface area contributed by atoms with Crippen LogP contribution in [0.25, 0.3) is 10.4 Å². The predicted octanol–water partition coefficient (Wildman–Crippen LogP) is 2.66. The van der Waals surface area contributed by atoms with Crippen molar-refractivity contribution >= 4 is 0 Å². The van der Waals surface area contributed by atoms with Gasteiger partial charge in [-0.15, -0.1) is 0 Å². The maximum Gasteiger partial charge on any atom is 0.0880 e. The molecule has 0 N–H and O–H groups in total.